The fraction of sp³-hybridized carbons (Fsp3) is 0.0122. The summed E-state index contributed by atoms with van der Waals surface area (Å²) in [5.41, 5.74) is 24.8. The lowest BCUT2D eigenvalue weighted by Crippen LogP contribution is -1.85. The minimum absolute atomic E-state index is 0.837. The number of benzene rings is 11. The summed E-state index contributed by atoms with van der Waals surface area (Å²) in [7, 11) is 0. The molecule has 0 fully saturated rings. The van der Waals surface area contributed by atoms with Gasteiger partial charge in [-0.2, -0.15) is 0 Å². The molecule has 0 unspecified atom stereocenters. The standard InChI is InChI=1S/C35H24BrN3.C24H18BrN3.C23H15Br2N3/c36-29-19-20-32-30(21-29)31(22-37-32)35-38-33(27-15-11-25(12-16-27)23-7-3-1-4-8-23)34(39-35)28-17-13-26(14-18-28)24-9-5-2-6-10-24;1-15-21(19-9-5-6-10-20(19)26-15)24-27-22(16-7-3-2-4-8-16)23(28-24)17-11-13-18(25)14-12-17;24-16-8-6-15(7-9-16)22-21(14-4-2-1-3-5-14)27-23(28-22)19-13-26-20-11-10-17(25)12-18(19)20/h1-22,37H,(H,38,39);2-14,26H,1H3,(H,27,28);1-13,26H,(H,27,28). The van der Waals surface area contributed by atoms with Crippen molar-refractivity contribution < 1.29 is 0 Å². The van der Waals surface area contributed by atoms with Crippen molar-refractivity contribution in [3.8, 4) is 124 Å². The van der Waals surface area contributed by atoms with E-state index < -0.39 is 0 Å². The van der Waals surface area contributed by atoms with Gasteiger partial charge < -0.3 is 29.9 Å². The number of halogens is 4. The number of aromatic amines is 6. The molecule has 0 aliphatic rings. The van der Waals surface area contributed by atoms with E-state index in [0.717, 1.165) is 153 Å². The third-order valence-corrected chi connectivity index (χ3v) is 19.0. The summed E-state index contributed by atoms with van der Waals surface area (Å²) in [5.74, 6) is 2.57. The number of para-hydroxylation sites is 1. The maximum atomic E-state index is 5.17. The Labute approximate surface area is 582 Å². The molecule has 0 bridgehead atoms. The summed E-state index contributed by atoms with van der Waals surface area (Å²) in [6, 6.07) is 96.3. The van der Waals surface area contributed by atoms with E-state index in [0.29, 0.717) is 0 Å². The van der Waals surface area contributed by atoms with Crippen molar-refractivity contribution in [1.29, 1.82) is 0 Å². The second-order valence-electron chi connectivity index (χ2n) is 23.0. The molecule has 6 heterocycles. The molecule has 17 aromatic rings. The molecule has 0 saturated carbocycles. The average molecular weight is 1490 g/mol. The first-order chi connectivity index (χ1) is 46.6. The van der Waals surface area contributed by atoms with Crippen LogP contribution in [0.3, 0.4) is 0 Å². The van der Waals surface area contributed by atoms with Crippen LogP contribution in [0.15, 0.2) is 309 Å². The lowest BCUT2D eigenvalue weighted by molar-refractivity contribution is 1.25. The highest BCUT2D eigenvalue weighted by Gasteiger charge is 2.22. The second-order valence-corrected chi connectivity index (χ2v) is 26.7. The topological polar surface area (TPSA) is 133 Å². The number of aromatic nitrogens is 9. The number of fused-ring (bicyclic) bond motifs is 3. The highest BCUT2D eigenvalue weighted by molar-refractivity contribution is 9.11. The van der Waals surface area contributed by atoms with Gasteiger partial charge in [-0.25, -0.2) is 15.0 Å². The highest BCUT2D eigenvalue weighted by atomic mass is 79.9. The molecule has 17 rings (SSSR count). The largest absolute Gasteiger partial charge is 0.360 e. The summed E-state index contributed by atoms with van der Waals surface area (Å²) in [5, 5.41) is 3.43. The molecule has 458 valence electrons. The lowest BCUT2D eigenvalue weighted by Gasteiger charge is -2.07. The number of hydrogen-bond acceptors (Lipinski definition) is 3. The van der Waals surface area contributed by atoms with Gasteiger partial charge in [0.15, 0.2) is 0 Å². The number of nitrogens with one attached hydrogen (secondary N) is 6. The van der Waals surface area contributed by atoms with Crippen LogP contribution in [0.4, 0.5) is 0 Å². The molecular weight excluding hydrogens is 1430 g/mol. The van der Waals surface area contributed by atoms with Gasteiger partial charge in [-0.15, -0.1) is 0 Å². The normalized spacial score (nSPS) is 11.2. The van der Waals surface area contributed by atoms with Crippen LogP contribution < -0.4 is 0 Å². The predicted octanol–water partition coefficient (Wildman–Crippen LogP) is 24.4. The van der Waals surface area contributed by atoms with Crippen LogP contribution in [0.1, 0.15) is 5.69 Å². The van der Waals surface area contributed by atoms with Gasteiger partial charge in [-0.1, -0.05) is 276 Å². The van der Waals surface area contributed by atoms with Crippen LogP contribution in [0.25, 0.3) is 157 Å². The molecule has 6 aromatic heterocycles. The van der Waals surface area contributed by atoms with E-state index in [1.54, 1.807) is 0 Å². The highest BCUT2D eigenvalue weighted by Crippen LogP contribution is 2.41. The van der Waals surface area contributed by atoms with E-state index in [1.165, 1.54) is 27.6 Å². The Kier molecular flexibility index (Phi) is 17.2. The lowest BCUT2D eigenvalue weighted by atomic mass is 9.99. The molecule has 6 N–H and O–H groups in total. The predicted molar refractivity (Wildman–Crippen MR) is 407 cm³/mol. The van der Waals surface area contributed by atoms with E-state index in [4.69, 9.17) is 15.0 Å². The molecule has 0 spiro atoms. The third kappa shape index (κ3) is 12.8. The SMILES string of the molecule is Brc1ccc(-c2[nH]c(-c3c[nH]c4ccc(Br)cc34)nc2-c2ccccc2)cc1.Brc1ccc2[nH]cc(-c3nc(-c4ccc(-c5ccccc5)cc4)c(-c4ccc(-c5ccccc5)cc4)[nH]3)c2c1.Cc1[nH]c2ccccc2c1-c1nc(-c2ccccc2)c(-c2ccc(Br)cc2)[nH]1. The fourth-order valence-corrected chi connectivity index (χ4v) is 13.5. The van der Waals surface area contributed by atoms with Crippen molar-refractivity contribution in [1.82, 2.24) is 44.9 Å². The zero-order valence-electron chi connectivity index (χ0n) is 51.1. The van der Waals surface area contributed by atoms with E-state index in [9.17, 15) is 0 Å². The van der Waals surface area contributed by atoms with Crippen molar-refractivity contribution in [3.05, 3.63) is 315 Å². The summed E-state index contributed by atoms with van der Waals surface area (Å²) in [6.45, 7) is 2.10. The molecule has 11 aromatic carbocycles. The van der Waals surface area contributed by atoms with E-state index >= 15 is 0 Å². The molecular formula is C82H57Br4N9. The quantitative estimate of drug-likeness (QED) is 0.0770. The van der Waals surface area contributed by atoms with Crippen LogP contribution >= 0.6 is 63.7 Å². The monoisotopic (exact) mass is 1480 g/mol. The zero-order valence-corrected chi connectivity index (χ0v) is 57.4. The Morgan fingerprint density at radius 1 is 0.263 bits per heavy atom. The Morgan fingerprint density at radius 3 is 1.01 bits per heavy atom. The van der Waals surface area contributed by atoms with Crippen LogP contribution in [0, 0.1) is 6.92 Å². The molecule has 0 amide bonds. The Bertz CT molecular complexity index is 5400. The van der Waals surface area contributed by atoms with Crippen LogP contribution in [0.5, 0.6) is 0 Å². The summed E-state index contributed by atoms with van der Waals surface area (Å²) < 4.78 is 4.20. The number of rotatable bonds is 11. The van der Waals surface area contributed by atoms with Gasteiger partial charge >= 0.3 is 0 Å². The van der Waals surface area contributed by atoms with Crippen molar-refractivity contribution in [2.45, 2.75) is 6.92 Å². The van der Waals surface area contributed by atoms with E-state index in [2.05, 4.69) is 301 Å². The molecule has 0 radical (unpaired) electrons. The molecule has 0 saturated heterocycles. The molecule has 9 nitrogen and oxygen atoms in total. The second kappa shape index (κ2) is 26.9. The Morgan fingerprint density at radius 2 is 0.579 bits per heavy atom. The number of nitrogens with zero attached hydrogens (tertiary/aromatic N) is 3. The fourth-order valence-electron chi connectivity index (χ4n) is 12.2. The summed E-state index contributed by atoms with van der Waals surface area (Å²) >= 11 is 14.2. The molecule has 0 aliphatic carbocycles. The average Bonchev–Trinajstić information content (AvgIpc) is 1.64. The summed E-state index contributed by atoms with van der Waals surface area (Å²) in [6.07, 6.45) is 4.04. The van der Waals surface area contributed by atoms with Crippen LogP contribution in [-0.4, -0.2) is 44.9 Å². The molecule has 0 aliphatic heterocycles. The molecule has 13 heteroatoms. The van der Waals surface area contributed by atoms with Crippen LogP contribution in [-0.2, 0) is 0 Å². The summed E-state index contributed by atoms with van der Waals surface area (Å²) in [4.78, 5) is 36.3. The van der Waals surface area contributed by atoms with Gasteiger partial charge in [0.2, 0.25) is 0 Å². The number of hydrogen-bond donors (Lipinski definition) is 6. The van der Waals surface area contributed by atoms with E-state index in [1.807, 2.05) is 91.3 Å². The molecule has 95 heavy (non-hydrogen) atoms. The first-order valence-corrected chi connectivity index (χ1v) is 34.2. The number of H-pyrrole nitrogens is 6. The van der Waals surface area contributed by atoms with E-state index in [-0.39, 0.29) is 0 Å². The first-order valence-electron chi connectivity index (χ1n) is 31.0. The van der Waals surface area contributed by atoms with Crippen molar-refractivity contribution in [2.24, 2.45) is 0 Å². The Hall–Kier alpha value is -10.4. The number of aryl methyl sites for hydroxylation is 1. The van der Waals surface area contributed by atoms with Gasteiger partial charge in [0.05, 0.1) is 34.2 Å². The van der Waals surface area contributed by atoms with Gasteiger partial charge in [0.25, 0.3) is 0 Å². The first kappa shape index (κ1) is 60.8. The van der Waals surface area contributed by atoms with Crippen molar-refractivity contribution in [3.63, 3.8) is 0 Å². The Balaban J connectivity index is 0.000000120. The number of imidazole rings is 3. The van der Waals surface area contributed by atoms with Crippen molar-refractivity contribution in [2.75, 3.05) is 0 Å². The van der Waals surface area contributed by atoms with Gasteiger partial charge in [0.1, 0.15) is 17.5 Å². The van der Waals surface area contributed by atoms with Gasteiger partial charge in [-0.3, -0.25) is 0 Å². The van der Waals surface area contributed by atoms with Gasteiger partial charge in [0, 0.05) is 119 Å². The minimum Gasteiger partial charge on any atom is -0.360 e. The molecule has 0 atom stereocenters. The van der Waals surface area contributed by atoms with Crippen LogP contribution in [0.2, 0.25) is 0 Å². The van der Waals surface area contributed by atoms with Crippen molar-refractivity contribution >= 4 is 96.4 Å². The minimum atomic E-state index is 0.837. The zero-order chi connectivity index (χ0) is 64.4. The maximum absolute atomic E-state index is 5.17. The maximum Gasteiger partial charge on any atom is 0.140 e. The van der Waals surface area contributed by atoms with Gasteiger partial charge in [-0.05, 0) is 95.9 Å². The smallest absolute Gasteiger partial charge is 0.140 e. The third-order valence-electron chi connectivity index (χ3n) is 16.9.